The number of rotatable bonds is 14. The van der Waals surface area contributed by atoms with Crippen LogP contribution in [0.25, 0.3) is 0 Å². The van der Waals surface area contributed by atoms with Gasteiger partial charge in [0.1, 0.15) is 12.1 Å². The molecule has 5 atom stereocenters. The summed E-state index contributed by atoms with van der Waals surface area (Å²) in [5, 5.41) is 26.2. The van der Waals surface area contributed by atoms with Crippen molar-refractivity contribution >= 4 is 23.7 Å². The summed E-state index contributed by atoms with van der Waals surface area (Å²) in [6.07, 6.45) is 0.459. The van der Waals surface area contributed by atoms with Crippen LogP contribution in [0.4, 0.5) is 0 Å². The third kappa shape index (κ3) is 10.5. The number of nitrogens with two attached hydrogens (primary N) is 2. The lowest BCUT2D eigenvalue weighted by Crippen LogP contribution is -2.58. The number of carboxylic acid groups (broad SMARTS) is 1. The fourth-order valence-corrected chi connectivity index (χ4v) is 2.68. The molecule has 0 aromatic carbocycles. The van der Waals surface area contributed by atoms with Crippen LogP contribution in [-0.4, -0.2) is 70.7 Å². The van der Waals surface area contributed by atoms with Crippen molar-refractivity contribution < 1.29 is 29.4 Å². The summed E-state index contributed by atoms with van der Waals surface area (Å²) in [6.45, 7) is 6.84. The summed E-state index contributed by atoms with van der Waals surface area (Å²) in [4.78, 5) is 48.6. The molecule has 0 bridgehead atoms. The van der Waals surface area contributed by atoms with Crippen LogP contribution in [0.2, 0.25) is 0 Å². The van der Waals surface area contributed by atoms with E-state index in [1.807, 2.05) is 13.8 Å². The molecule has 0 aromatic rings. The van der Waals surface area contributed by atoms with Gasteiger partial charge in [0.05, 0.1) is 12.1 Å². The topological polar surface area (TPSA) is 197 Å². The van der Waals surface area contributed by atoms with Crippen molar-refractivity contribution in [1.82, 2.24) is 16.0 Å². The van der Waals surface area contributed by atoms with E-state index >= 15 is 0 Å². The van der Waals surface area contributed by atoms with E-state index in [2.05, 4.69) is 16.0 Å². The Kier molecular flexibility index (Phi) is 12.8. The molecule has 0 fully saturated rings. The van der Waals surface area contributed by atoms with Crippen molar-refractivity contribution in [3.8, 4) is 0 Å². The monoisotopic (exact) mass is 431 g/mol. The lowest BCUT2D eigenvalue weighted by Gasteiger charge is -2.26. The maximum Gasteiger partial charge on any atom is 0.328 e. The van der Waals surface area contributed by atoms with Crippen LogP contribution in [0, 0.1) is 5.92 Å². The quantitative estimate of drug-likeness (QED) is 0.160. The van der Waals surface area contributed by atoms with Gasteiger partial charge in [-0.05, 0) is 52.0 Å². The lowest BCUT2D eigenvalue weighted by molar-refractivity contribution is -0.145. The minimum absolute atomic E-state index is 0.00484. The number of hydrogen-bond donors (Lipinski definition) is 7. The van der Waals surface area contributed by atoms with E-state index in [0.29, 0.717) is 25.8 Å². The zero-order chi connectivity index (χ0) is 23.4. The molecule has 11 heteroatoms. The Labute approximate surface area is 177 Å². The van der Waals surface area contributed by atoms with Crippen LogP contribution >= 0.6 is 0 Å². The molecular formula is C19H37N5O6. The SMILES string of the molecule is CC(C)CC(NC(=O)C(CCCCN)NC(=O)C(C)N)C(=O)NC(C(=O)O)C(C)O. The van der Waals surface area contributed by atoms with Gasteiger partial charge in [0, 0.05) is 0 Å². The predicted molar refractivity (Wildman–Crippen MR) is 111 cm³/mol. The molecule has 9 N–H and O–H groups in total. The number of carbonyl (C=O) groups excluding carboxylic acids is 3. The van der Waals surface area contributed by atoms with Crippen molar-refractivity contribution in [3.63, 3.8) is 0 Å². The highest BCUT2D eigenvalue weighted by atomic mass is 16.4. The second-order valence-corrected chi connectivity index (χ2v) is 7.89. The van der Waals surface area contributed by atoms with Crippen LogP contribution < -0.4 is 27.4 Å². The van der Waals surface area contributed by atoms with Gasteiger partial charge in [-0.3, -0.25) is 14.4 Å². The summed E-state index contributed by atoms with van der Waals surface area (Å²) in [6, 6.07) is -4.28. The van der Waals surface area contributed by atoms with Gasteiger partial charge in [-0.15, -0.1) is 0 Å². The Morgan fingerprint density at radius 3 is 1.83 bits per heavy atom. The molecule has 0 saturated heterocycles. The average Bonchev–Trinajstić information content (AvgIpc) is 2.63. The number of aliphatic hydroxyl groups is 1. The first-order chi connectivity index (χ1) is 13.9. The molecule has 3 amide bonds. The van der Waals surface area contributed by atoms with Crippen LogP contribution in [-0.2, 0) is 19.2 Å². The predicted octanol–water partition coefficient (Wildman–Crippen LogP) is -1.57. The Hall–Kier alpha value is -2.24. The van der Waals surface area contributed by atoms with Gasteiger partial charge in [-0.1, -0.05) is 13.8 Å². The van der Waals surface area contributed by atoms with Crippen molar-refractivity contribution in [2.45, 2.75) is 83.6 Å². The lowest BCUT2D eigenvalue weighted by atomic mass is 10.0. The summed E-state index contributed by atoms with van der Waals surface area (Å²) in [5.74, 6) is -3.20. The van der Waals surface area contributed by atoms with Crippen LogP contribution in [0.5, 0.6) is 0 Å². The second-order valence-electron chi connectivity index (χ2n) is 7.89. The van der Waals surface area contributed by atoms with Gasteiger partial charge in [0.15, 0.2) is 6.04 Å². The molecule has 0 heterocycles. The average molecular weight is 432 g/mol. The number of aliphatic hydroxyl groups excluding tert-OH is 1. The van der Waals surface area contributed by atoms with Gasteiger partial charge >= 0.3 is 5.97 Å². The van der Waals surface area contributed by atoms with E-state index in [4.69, 9.17) is 16.6 Å². The first-order valence-corrected chi connectivity index (χ1v) is 10.2. The number of carbonyl (C=O) groups is 4. The molecule has 0 radical (unpaired) electrons. The third-order valence-electron chi connectivity index (χ3n) is 4.38. The highest BCUT2D eigenvalue weighted by Crippen LogP contribution is 2.08. The fraction of sp³-hybridized carbons (Fsp3) is 0.789. The van der Waals surface area contributed by atoms with Crippen molar-refractivity contribution in [2.24, 2.45) is 17.4 Å². The van der Waals surface area contributed by atoms with E-state index in [1.54, 1.807) is 0 Å². The van der Waals surface area contributed by atoms with Crippen LogP contribution in [0.3, 0.4) is 0 Å². The van der Waals surface area contributed by atoms with E-state index in [1.165, 1.54) is 13.8 Å². The molecule has 0 aromatic heterocycles. The maximum atomic E-state index is 12.8. The van der Waals surface area contributed by atoms with Gasteiger partial charge in [-0.25, -0.2) is 4.79 Å². The minimum Gasteiger partial charge on any atom is -0.480 e. The molecule has 5 unspecified atom stereocenters. The van der Waals surface area contributed by atoms with Crippen molar-refractivity contribution in [2.75, 3.05) is 6.54 Å². The molecule has 0 rings (SSSR count). The summed E-state index contributed by atoms with van der Waals surface area (Å²) >= 11 is 0. The van der Waals surface area contributed by atoms with E-state index in [-0.39, 0.29) is 12.3 Å². The molecule has 174 valence electrons. The normalized spacial score (nSPS) is 16.1. The van der Waals surface area contributed by atoms with Gasteiger partial charge < -0.3 is 37.6 Å². The highest BCUT2D eigenvalue weighted by molar-refractivity contribution is 5.94. The maximum absolute atomic E-state index is 12.8. The molecule has 0 aliphatic rings. The Bertz CT molecular complexity index is 582. The molecule has 0 aliphatic carbocycles. The Morgan fingerprint density at radius 1 is 0.867 bits per heavy atom. The van der Waals surface area contributed by atoms with Crippen LogP contribution in [0.15, 0.2) is 0 Å². The standard InChI is InChI=1S/C19H37N5O6/c1-10(2)9-14(18(28)24-15(12(4)25)19(29)30)23-17(27)13(7-5-6-8-20)22-16(26)11(3)21/h10-15,25H,5-9,20-21H2,1-4H3,(H,22,26)(H,23,27)(H,24,28)(H,29,30). The van der Waals surface area contributed by atoms with Gasteiger partial charge in [-0.2, -0.15) is 0 Å². The molecule has 0 saturated carbocycles. The number of aliphatic carboxylic acids is 1. The minimum atomic E-state index is -1.51. The fourth-order valence-electron chi connectivity index (χ4n) is 2.68. The van der Waals surface area contributed by atoms with Crippen molar-refractivity contribution in [3.05, 3.63) is 0 Å². The first kappa shape index (κ1) is 27.8. The smallest absolute Gasteiger partial charge is 0.328 e. The second kappa shape index (κ2) is 13.9. The first-order valence-electron chi connectivity index (χ1n) is 10.2. The van der Waals surface area contributed by atoms with E-state index < -0.39 is 54.0 Å². The summed E-state index contributed by atoms with van der Waals surface area (Å²) in [7, 11) is 0. The molecular weight excluding hydrogens is 394 g/mol. The third-order valence-corrected chi connectivity index (χ3v) is 4.38. The van der Waals surface area contributed by atoms with Gasteiger partial charge in [0.2, 0.25) is 17.7 Å². The zero-order valence-electron chi connectivity index (χ0n) is 18.2. The van der Waals surface area contributed by atoms with E-state index in [0.717, 1.165) is 0 Å². The summed E-state index contributed by atoms with van der Waals surface area (Å²) < 4.78 is 0. The largest absolute Gasteiger partial charge is 0.480 e. The number of amides is 3. The number of carboxylic acids is 1. The zero-order valence-corrected chi connectivity index (χ0v) is 18.2. The highest BCUT2D eigenvalue weighted by Gasteiger charge is 2.31. The molecule has 11 nitrogen and oxygen atoms in total. The summed E-state index contributed by atoms with van der Waals surface area (Å²) in [5.41, 5.74) is 11.0. The molecule has 30 heavy (non-hydrogen) atoms. The van der Waals surface area contributed by atoms with Gasteiger partial charge in [0.25, 0.3) is 0 Å². The number of hydrogen-bond acceptors (Lipinski definition) is 7. The van der Waals surface area contributed by atoms with E-state index in [9.17, 15) is 24.3 Å². The Morgan fingerprint density at radius 2 is 1.40 bits per heavy atom. The van der Waals surface area contributed by atoms with Crippen LogP contribution in [0.1, 0.15) is 53.4 Å². The Balaban J connectivity index is 5.39. The number of unbranched alkanes of at least 4 members (excludes halogenated alkanes) is 1. The molecule has 0 aliphatic heterocycles. The van der Waals surface area contributed by atoms with Crippen molar-refractivity contribution in [1.29, 1.82) is 0 Å². The number of nitrogens with one attached hydrogen (secondary N) is 3. The molecule has 0 spiro atoms.